The lowest BCUT2D eigenvalue weighted by molar-refractivity contribution is 0.0935. The molecule has 1 aromatic heterocycles. The van der Waals surface area contributed by atoms with Crippen molar-refractivity contribution in [2.24, 2.45) is 0 Å². The minimum Gasteiger partial charge on any atom is -0.368 e. The van der Waals surface area contributed by atoms with E-state index in [9.17, 15) is 4.79 Å². The van der Waals surface area contributed by atoms with Crippen LogP contribution >= 0.6 is 22.9 Å². The molecule has 150 valence electrons. The maximum Gasteiger partial charge on any atom is 0.271 e. The molecule has 2 heterocycles. The summed E-state index contributed by atoms with van der Waals surface area (Å²) < 4.78 is 0. The number of piperazine rings is 1. The van der Waals surface area contributed by atoms with Gasteiger partial charge >= 0.3 is 0 Å². The van der Waals surface area contributed by atoms with Crippen molar-refractivity contribution in [1.29, 1.82) is 0 Å². The van der Waals surface area contributed by atoms with Gasteiger partial charge in [0.2, 0.25) is 0 Å². The smallest absolute Gasteiger partial charge is 0.271 e. The highest BCUT2D eigenvalue weighted by Crippen LogP contribution is 2.25. The second-order valence-corrected chi connectivity index (χ2v) is 8.35. The van der Waals surface area contributed by atoms with Crippen molar-refractivity contribution < 1.29 is 4.79 Å². The van der Waals surface area contributed by atoms with Gasteiger partial charge in [0.1, 0.15) is 5.69 Å². The number of carbonyl (C=O) groups excluding carboxylic acids is 1. The molecule has 29 heavy (non-hydrogen) atoms. The number of benzene rings is 2. The lowest BCUT2D eigenvalue weighted by Crippen LogP contribution is -2.46. The van der Waals surface area contributed by atoms with Crippen LogP contribution in [-0.2, 0) is 0 Å². The molecule has 0 saturated carbocycles. The Morgan fingerprint density at radius 3 is 2.52 bits per heavy atom. The number of nitrogens with one attached hydrogen (secondary N) is 1. The van der Waals surface area contributed by atoms with Crippen LogP contribution < -0.4 is 15.1 Å². The summed E-state index contributed by atoms with van der Waals surface area (Å²) in [5.41, 5.74) is 2.70. The minimum atomic E-state index is -0.138. The van der Waals surface area contributed by atoms with E-state index in [1.807, 2.05) is 60.8 Å². The zero-order chi connectivity index (χ0) is 20.2. The van der Waals surface area contributed by atoms with Crippen molar-refractivity contribution in [3.8, 4) is 0 Å². The molecule has 0 spiro atoms. The fourth-order valence-corrected chi connectivity index (χ4v) is 4.48. The minimum absolute atomic E-state index is 0.0601. The number of aromatic nitrogens is 1. The Hall–Kier alpha value is -2.57. The van der Waals surface area contributed by atoms with Crippen LogP contribution in [0.5, 0.6) is 0 Å². The summed E-state index contributed by atoms with van der Waals surface area (Å²) in [6.07, 6.45) is 0. The molecule has 1 saturated heterocycles. The monoisotopic (exact) mass is 426 g/mol. The van der Waals surface area contributed by atoms with Crippen LogP contribution in [-0.4, -0.2) is 37.1 Å². The van der Waals surface area contributed by atoms with Gasteiger partial charge in [0.15, 0.2) is 5.13 Å². The highest BCUT2D eigenvalue weighted by Gasteiger charge is 2.21. The Balaban J connectivity index is 1.35. The first-order chi connectivity index (χ1) is 14.1. The van der Waals surface area contributed by atoms with Crippen LogP contribution in [0.3, 0.4) is 0 Å². The summed E-state index contributed by atoms with van der Waals surface area (Å²) in [6, 6.07) is 17.8. The molecule has 4 rings (SSSR count). The number of thiazole rings is 1. The first-order valence-electron chi connectivity index (χ1n) is 9.67. The van der Waals surface area contributed by atoms with E-state index in [4.69, 9.17) is 11.6 Å². The highest BCUT2D eigenvalue weighted by molar-refractivity contribution is 7.13. The van der Waals surface area contributed by atoms with Gasteiger partial charge in [0.25, 0.3) is 5.91 Å². The van der Waals surface area contributed by atoms with E-state index in [1.165, 1.54) is 11.3 Å². The van der Waals surface area contributed by atoms with Crippen LogP contribution in [0.25, 0.3) is 0 Å². The predicted molar refractivity (Wildman–Crippen MR) is 120 cm³/mol. The topological polar surface area (TPSA) is 48.5 Å². The van der Waals surface area contributed by atoms with E-state index in [0.717, 1.165) is 47.6 Å². The molecule has 1 N–H and O–H groups in total. The number of anilines is 2. The number of rotatable bonds is 5. The van der Waals surface area contributed by atoms with E-state index in [-0.39, 0.29) is 11.9 Å². The van der Waals surface area contributed by atoms with Crippen molar-refractivity contribution >= 4 is 39.7 Å². The molecular weight excluding hydrogens is 404 g/mol. The van der Waals surface area contributed by atoms with E-state index in [0.29, 0.717) is 5.69 Å². The maximum absolute atomic E-state index is 12.6. The molecule has 1 fully saturated rings. The Bertz CT molecular complexity index is 970. The fourth-order valence-electron chi connectivity index (χ4n) is 3.44. The van der Waals surface area contributed by atoms with Crippen molar-refractivity contribution in [3.63, 3.8) is 0 Å². The Morgan fingerprint density at radius 2 is 1.79 bits per heavy atom. The van der Waals surface area contributed by atoms with Gasteiger partial charge in [-0.05, 0) is 30.7 Å². The number of hydrogen-bond donors (Lipinski definition) is 1. The van der Waals surface area contributed by atoms with Crippen LogP contribution in [0.2, 0.25) is 5.02 Å². The largest absolute Gasteiger partial charge is 0.368 e. The Labute approximate surface area is 179 Å². The summed E-state index contributed by atoms with van der Waals surface area (Å²) in [4.78, 5) is 21.7. The average molecular weight is 427 g/mol. The number of hydrogen-bond acceptors (Lipinski definition) is 5. The molecule has 0 bridgehead atoms. The standard InChI is InChI=1S/C22H23ClN4OS/c1-16(17-6-3-2-4-7-17)24-21(28)20-15-29-22(25-20)27-12-10-26(11-13-27)19-9-5-8-18(23)14-19/h2-9,14-16H,10-13H2,1H3,(H,24,28)/t16-/m1/s1. The SMILES string of the molecule is C[C@@H](NC(=O)c1csc(N2CCN(c3cccc(Cl)c3)CC2)n1)c1ccccc1. The third kappa shape index (κ3) is 4.71. The molecule has 5 nitrogen and oxygen atoms in total. The summed E-state index contributed by atoms with van der Waals surface area (Å²) in [5.74, 6) is -0.138. The lowest BCUT2D eigenvalue weighted by atomic mass is 10.1. The Kier molecular flexibility index (Phi) is 6.02. The van der Waals surface area contributed by atoms with Gasteiger partial charge in [-0.25, -0.2) is 4.98 Å². The average Bonchev–Trinajstić information content (AvgIpc) is 3.25. The fraction of sp³-hybridized carbons (Fsp3) is 0.273. The normalized spacial score (nSPS) is 15.2. The van der Waals surface area contributed by atoms with Crippen molar-refractivity contribution in [3.05, 3.63) is 76.3 Å². The molecule has 1 aliphatic heterocycles. The van der Waals surface area contributed by atoms with Crippen molar-refractivity contribution in [2.45, 2.75) is 13.0 Å². The van der Waals surface area contributed by atoms with E-state index in [1.54, 1.807) is 0 Å². The molecule has 0 radical (unpaired) electrons. The summed E-state index contributed by atoms with van der Waals surface area (Å²) in [6.45, 7) is 5.50. The number of halogens is 1. The molecule has 1 atom stereocenters. The molecule has 1 amide bonds. The van der Waals surface area contributed by atoms with Crippen molar-refractivity contribution in [1.82, 2.24) is 10.3 Å². The quantitative estimate of drug-likeness (QED) is 0.647. The first-order valence-corrected chi connectivity index (χ1v) is 10.9. The summed E-state index contributed by atoms with van der Waals surface area (Å²) in [5, 5.41) is 6.52. The van der Waals surface area contributed by atoms with Gasteiger partial charge in [-0.15, -0.1) is 11.3 Å². The van der Waals surface area contributed by atoms with Crippen LogP contribution in [0.1, 0.15) is 29.0 Å². The van der Waals surface area contributed by atoms with Crippen LogP contribution in [0.15, 0.2) is 60.0 Å². The van der Waals surface area contributed by atoms with Gasteiger partial charge in [-0.1, -0.05) is 48.0 Å². The maximum atomic E-state index is 12.6. The van der Waals surface area contributed by atoms with Crippen LogP contribution in [0, 0.1) is 0 Å². The van der Waals surface area contributed by atoms with E-state index >= 15 is 0 Å². The molecule has 3 aromatic rings. The van der Waals surface area contributed by atoms with Gasteiger partial charge in [0.05, 0.1) is 6.04 Å². The zero-order valence-corrected chi connectivity index (χ0v) is 17.8. The third-order valence-corrected chi connectivity index (χ3v) is 6.23. The van der Waals surface area contributed by atoms with Gasteiger partial charge in [-0.2, -0.15) is 0 Å². The molecule has 1 aliphatic rings. The molecule has 0 unspecified atom stereocenters. The van der Waals surface area contributed by atoms with E-state index < -0.39 is 0 Å². The van der Waals surface area contributed by atoms with Gasteiger partial charge in [-0.3, -0.25) is 4.79 Å². The van der Waals surface area contributed by atoms with Gasteiger partial charge in [0, 0.05) is 42.3 Å². The Morgan fingerprint density at radius 1 is 1.07 bits per heavy atom. The first kappa shape index (κ1) is 19.7. The molecule has 2 aromatic carbocycles. The summed E-state index contributed by atoms with van der Waals surface area (Å²) in [7, 11) is 0. The lowest BCUT2D eigenvalue weighted by Gasteiger charge is -2.36. The molecular formula is C22H23ClN4OS. The highest BCUT2D eigenvalue weighted by atomic mass is 35.5. The number of amides is 1. The second kappa shape index (κ2) is 8.84. The molecule has 0 aliphatic carbocycles. The van der Waals surface area contributed by atoms with Crippen molar-refractivity contribution in [2.75, 3.05) is 36.0 Å². The summed E-state index contributed by atoms with van der Waals surface area (Å²) >= 11 is 7.63. The zero-order valence-electron chi connectivity index (χ0n) is 16.2. The number of carbonyl (C=O) groups is 1. The van der Waals surface area contributed by atoms with E-state index in [2.05, 4.69) is 26.2 Å². The van der Waals surface area contributed by atoms with Gasteiger partial charge < -0.3 is 15.1 Å². The third-order valence-electron chi connectivity index (χ3n) is 5.10. The second-order valence-electron chi connectivity index (χ2n) is 7.08. The molecule has 7 heteroatoms. The number of nitrogens with zero attached hydrogens (tertiary/aromatic N) is 3. The van der Waals surface area contributed by atoms with Crippen LogP contribution in [0.4, 0.5) is 10.8 Å². The predicted octanol–water partition coefficient (Wildman–Crippen LogP) is 4.61.